The van der Waals surface area contributed by atoms with E-state index < -0.39 is 10.0 Å². The van der Waals surface area contributed by atoms with Gasteiger partial charge in [-0.2, -0.15) is 0 Å². The van der Waals surface area contributed by atoms with Crippen LogP contribution in [0.25, 0.3) is 0 Å². The molecule has 29 heavy (non-hydrogen) atoms. The molecule has 6 nitrogen and oxygen atoms in total. The van der Waals surface area contributed by atoms with Crippen LogP contribution in [0, 0.1) is 0 Å². The van der Waals surface area contributed by atoms with Crippen LogP contribution >= 0.6 is 0 Å². The fraction of sp³-hybridized carbons (Fsp3) is 0.455. The minimum atomic E-state index is -3.65. The summed E-state index contributed by atoms with van der Waals surface area (Å²) in [5, 5.41) is 0. The number of benzene rings is 2. The minimum absolute atomic E-state index is 0.190. The number of hydrogen-bond donors (Lipinski definition) is 1. The van der Waals surface area contributed by atoms with Gasteiger partial charge in [-0.3, -0.25) is 4.90 Å². The number of likely N-dealkylation sites (tertiary alicyclic amines) is 1. The van der Waals surface area contributed by atoms with Gasteiger partial charge in [-0.05, 0) is 49.2 Å². The molecule has 2 aromatic rings. The van der Waals surface area contributed by atoms with E-state index in [9.17, 15) is 8.42 Å². The molecule has 0 radical (unpaired) electrons. The maximum Gasteiger partial charge on any atom is 0.241 e. The molecule has 156 valence electrons. The molecule has 0 amide bonds. The maximum absolute atomic E-state index is 12.9. The second-order valence-corrected chi connectivity index (χ2v) is 9.36. The molecular weight excluding hydrogens is 388 g/mol. The van der Waals surface area contributed by atoms with Gasteiger partial charge in [0, 0.05) is 25.6 Å². The monoisotopic (exact) mass is 416 g/mol. The normalized spacial score (nSPS) is 17.7. The highest BCUT2D eigenvalue weighted by molar-refractivity contribution is 7.89. The number of hydrogen-bond acceptors (Lipinski definition) is 5. The summed E-state index contributed by atoms with van der Waals surface area (Å²) in [4.78, 5) is 2.64. The Kier molecular flexibility index (Phi) is 6.37. The van der Waals surface area contributed by atoms with E-state index in [0.29, 0.717) is 24.7 Å². The van der Waals surface area contributed by atoms with E-state index in [1.807, 2.05) is 18.2 Å². The average molecular weight is 417 g/mol. The predicted molar refractivity (Wildman–Crippen MR) is 112 cm³/mol. The maximum atomic E-state index is 12.9. The number of fused-ring (bicyclic) bond motifs is 1. The summed E-state index contributed by atoms with van der Waals surface area (Å²) in [6.45, 7) is 4.44. The number of ether oxygens (including phenoxy) is 2. The van der Waals surface area contributed by atoms with E-state index in [1.54, 1.807) is 18.2 Å². The fourth-order valence-corrected chi connectivity index (χ4v) is 4.83. The Morgan fingerprint density at radius 2 is 1.59 bits per heavy atom. The standard InChI is InChI=1S/C22H28N2O4S/c25-29(26,20-9-10-21-22(15-20)28-14-6-13-27-21)23-16-18-7-2-3-8-19(18)17-24-11-4-1-5-12-24/h2-3,7-10,15,23H,1,4-6,11-14,16-17H2. The molecule has 2 aromatic carbocycles. The largest absolute Gasteiger partial charge is 0.490 e. The molecule has 7 heteroatoms. The summed E-state index contributed by atoms with van der Waals surface area (Å²) in [7, 11) is -3.65. The van der Waals surface area contributed by atoms with E-state index in [-0.39, 0.29) is 11.4 Å². The lowest BCUT2D eigenvalue weighted by molar-refractivity contribution is 0.220. The molecular formula is C22H28N2O4S. The van der Waals surface area contributed by atoms with Crippen LogP contribution in [0.5, 0.6) is 11.5 Å². The van der Waals surface area contributed by atoms with Crippen LogP contribution in [0.2, 0.25) is 0 Å². The Morgan fingerprint density at radius 3 is 2.38 bits per heavy atom. The third kappa shape index (κ3) is 5.10. The summed E-state index contributed by atoms with van der Waals surface area (Å²) in [6, 6.07) is 12.8. The fourth-order valence-electron chi connectivity index (χ4n) is 3.81. The lowest BCUT2D eigenvalue weighted by atomic mass is 10.1. The molecule has 0 bridgehead atoms. The summed E-state index contributed by atoms with van der Waals surface area (Å²) in [5.41, 5.74) is 2.19. The van der Waals surface area contributed by atoms with Crippen molar-refractivity contribution in [2.75, 3.05) is 26.3 Å². The number of rotatable bonds is 6. The van der Waals surface area contributed by atoms with Crippen LogP contribution in [0.1, 0.15) is 36.8 Å². The third-order valence-electron chi connectivity index (χ3n) is 5.44. The van der Waals surface area contributed by atoms with Gasteiger partial charge in [-0.25, -0.2) is 13.1 Å². The first-order chi connectivity index (χ1) is 14.1. The van der Waals surface area contributed by atoms with Gasteiger partial charge in [-0.1, -0.05) is 30.7 Å². The van der Waals surface area contributed by atoms with Gasteiger partial charge in [-0.15, -0.1) is 0 Å². The van der Waals surface area contributed by atoms with Crippen molar-refractivity contribution in [3.8, 4) is 11.5 Å². The zero-order chi connectivity index (χ0) is 20.1. The zero-order valence-corrected chi connectivity index (χ0v) is 17.4. The number of nitrogens with zero attached hydrogens (tertiary/aromatic N) is 1. The molecule has 0 aliphatic carbocycles. The van der Waals surface area contributed by atoms with Gasteiger partial charge >= 0.3 is 0 Å². The van der Waals surface area contributed by atoms with Crippen molar-refractivity contribution < 1.29 is 17.9 Å². The van der Waals surface area contributed by atoms with E-state index >= 15 is 0 Å². The molecule has 1 N–H and O–H groups in total. The molecule has 1 fully saturated rings. The van der Waals surface area contributed by atoms with Crippen molar-refractivity contribution in [3.63, 3.8) is 0 Å². The van der Waals surface area contributed by atoms with Crippen LogP contribution in [0.15, 0.2) is 47.4 Å². The average Bonchev–Trinajstić information content (AvgIpc) is 2.99. The zero-order valence-electron chi connectivity index (χ0n) is 16.6. The lowest BCUT2D eigenvalue weighted by Crippen LogP contribution is -2.30. The summed E-state index contributed by atoms with van der Waals surface area (Å²) < 4.78 is 39.7. The minimum Gasteiger partial charge on any atom is -0.490 e. The van der Waals surface area contributed by atoms with E-state index in [4.69, 9.17) is 9.47 Å². The lowest BCUT2D eigenvalue weighted by Gasteiger charge is -2.27. The van der Waals surface area contributed by atoms with Gasteiger partial charge in [0.15, 0.2) is 11.5 Å². The topological polar surface area (TPSA) is 67.9 Å². The smallest absolute Gasteiger partial charge is 0.241 e. The summed E-state index contributed by atoms with van der Waals surface area (Å²) in [5.74, 6) is 1.07. The second kappa shape index (κ2) is 9.15. The van der Waals surface area contributed by atoms with Crippen LogP contribution in [-0.2, 0) is 23.1 Å². The van der Waals surface area contributed by atoms with Gasteiger partial charge < -0.3 is 9.47 Å². The highest BCUT2D eigenvalue weighted by atomic mass is 32.2. The van der Waals surface area contributed by atoms with Crippen LogP contribution < -0.4 is 14.2 Å². The predicted octanol–water partition coefficient (Wildman–Crippen LogP) is 3.31. The molecule has 2 aliphatic rings. The highest BCUT2D eigenvalue weighted by Crippen LogP contribution is 2.32. The van der Waals surface area contributed by atoms with Crippen molar-refractivity contribution in [2.24, 2.45) is 0 Å². The SMILES string of the molecule is O=S(=O)(NCc1ccccc1CN1CCCCC1)c1ccc2c(c1)OCCCO2. The molecule has 0 spiro atoms. The van der Waals surface area contributed by atoms with Crippen LogP contribution in [0.3, 0.4) is 0 Å². The van der Waals surface area contributed by atoms with E-state index in [0.717, 1.165) is 31.6 Å². The Balaban J connectivity index is 1.46. The van der Waals surface area contributed by atoms with Gasteiger partial charge in [0.05, 0.1) is 18.1 Å². The van der Waals surface area contributed by atoms with Crippen LogP contribution in [-0.4, -0.2) is 39.6 Å². The quantitative estimate of drug-likeness (QED) is 0.783. The third-order valence-corrected chi connectivity index (χ3v) is 6.84. The van der Waals surface area contributed by atoms with Crippen molar-refractivity contribution in [2.45, 2.75) is 43.7 Å². The highest BCUT2D eigenvalue weighted by Gasteiger charge is 2.19. The Hall–Kier alpha value is -2.09. The Labute approximate surface area is 172 Å². The number of sulfonamides is 1. The number of piperidine rings is 1. The van der Waals surface area contributed by atoms with Crippen LogP contribution in [0.4, 0.5) is 0 Å². The van der Waals surface area contributed by atoms with Crippen molar-refractivity contribution in [1.82, 2.24) is 9.62 Å². The van der Waals surface area contributed by atoms with E-state index in [2.05, 4.69) is 15.7 Å². The van der Waals surface area contributed by atoms with E-state index in [1.165, 1.54) is 24.8 Å². The molecule has 4 rings (SSSR count). The van der Waals surface area contributed by atoms with Crippen molar-refractivity contribution in [1.29, 1.82) is 0 Å². The van der Waals surface area contributed by atoms with Gasteiger partial charge in [0.25, 0.3) is 0 Å². The van der Waals surface area contributed by atoms with Gasteiger partial charge in [0.1, 0.15) is 0 Å². The summed E-state index contributed by atoms with van der Waals surface area (Å²) in [6.07, 6.45) is 4.55. The molecule has 0 atom stereocenters. The first kappa shape index (κ1) is 20.2. The molecule has 0 aromatic heterocycles. The van der Waals surface area contributed by atoms with Gasteiger partial charge in [0.2, 0.25) is 10.0 Å². The summed E-state index contributed by atoms with van der Waals surface area (Å²) >= 11 is 0. The Bertz CT molecular complexity index is 940. The molecule has 2 heterocycles. The molecule has 0 unspecified atom stereocenters. The second-order valence-electron chi connectivity index (χ2n) is 7.59. The molecule has 2 aliphatic heterocycles. The first-order valence-electron chi connectivity index (χ1n) is 10.3. The molecule has 1 saturated heterocycles. The Morgan fingerprint density at radius 1 is 0.862 bits per heavy atom. The van der Waals surface area contributed by atoms with Crippen molar-refractivity contribution >= 4 is 10.0 Å². The first-order valence-corrected chi connectivity index (χ1v) is 11.8. The number of nitrogens with one attached hydrogen (secondary N) is 1. The molecule has 0 saturated carbocycles. The van der Waals surface area contributed by atoms with Crippen molar-refractivity contribution in [3.05, 3.63) is 53.6 Å².